The Balaban J connectivity index is 2.72. The van der Waals surface area contributed by atoms with Crippen LogP contribution in [0, 0.1) is 5.82 Å². The van der Waals surface area contributed by atoms with Gasteiger partial charge in [0.05, 0.1) is 5.75 Å². The van der Waals surface area contributed by atoms with Crippen LogP contribution < -0.4 is 0 Å². The van der Waals surface area contributed by atoms with Gasteiger partial charge in [-0.05, 0) is 31.8 Å². The molecule has 0 spiro atoms. The Bertz CT molecular complexity index is 486. The highest BCUT2D eigenvalue weighted by Gasteiger charge is 2.18. The highest BCUT2D eigenvalue weighted by atomic mass is 32.2. The van der Waals surface area contributed by atoms with Gasteiger partial charge in [-0.25, -0.2) is 4.39 Å². The quantitative estimate of drug-likeness (QED) is 0.768. The summed E-state index contributed by atoms with van der Waals surface area (Å²) in [6, 6.07) is 6.46. The molecule has 0 bridgehead atoms. The van der Waals surface area contributed by atoms with Crippen LogP contribution in [0.2, 0.25) is 0 Å². The van der Waals surface area contributed by atoms with Crippen molar-refractivity contribution in [3.63, 3.8) is 0 Å². The molecule has 0 aromatic heterocycles. The topological polar surface area (TPSA) is 23.6 Å². The molecule has 1 aromatic carbocycles. The highest BCUT2D eigenvalue weighted by molar-refractivity contribution is 8.01. The molecule has 3 nitrogen and oxygen atoms in total. The summed E-state index contributed by atoms with van der Waals surface area (Å²) in [5.74, 6) is 0.291. The molecule has 1 rings (SSSR count). The van der Waals surface area contributed by atoms with Crippen LogP contribution in [0.15, 0.2) is 24.3 Å². The van der Waals surface area contributed by atoms with Gasteiger partial charge >= 0.3 is 0 Å². The van der Waals surface area contributed by atoms with E-state index in [0.717, 1.165) is 12.1 Å². The number of nitrogens with zero attached hydrogens (tertiary/aromatic N) is 2. The molecule has 0 aliphatic heterocycles. The van der Waals surface area contributed by atoms with Crippen LogP contribution in [0.1, 0.15) is 26.3 Å². The van der Waals surface area contributed by atoms with Crippen molar-refractivity contribution < 1.29 is 9.18 Å². The van der Waals surface area contributed by atoms with Gasteiger partial charge in [-0.15, -0.1) is 11.8 Å². The van der Waals surface area contributed by atoms with E-state index in [1.54, 1.807) is 17.8 Å². The molecule has 124 valence electrons. The predicted molar refractivity (Wildman–Crippen MR) is 92.6 cm³/mol. The average Bonchev–Trinajstić information content (AvgIpc) is 2.40. The van der Waals surface area contributed by atoms with Crippen molar-refractivity contribution in [1.29, 1.82) is 0 Å². The lowest BCUT2D eigenvalue weighted by Crippen LogP contribution is -2.37. The zero-order valence-electron chi connectivity index (χ0n) is 14.2. The molecule has 1 aromatic rings. The smallest absolute Gasteiger partial charge is 0.232 e. The predicted octanol–water partition coefficient (Wildman–Crippen LogP) is 3.25. The molecule has 0 saturated heterocycles. The molecule has 1 amide bonds. The second kappa shape index (κ2) is 8.53. The van der Waals surface area contributed by atoms with Gasteiger partial charge in [-0.2, -0.15) is 0 Å². The lowest BCUT2D eigenvalue weighted by atomic mass is 10.2. The normalized spacial score (nSPS) is 11.8. The summed E-state index contributed by atoms with van der Waals surface area (Å²) in [5, 5.41) is 0. The second-order valence-electron chi connectivity index (χ2n) is 6.65. The molecule has 0 aliphatic carbocycles. The van der Waals surface area contributed by atoms with Crippen molar-refractivity contribution >= 4 is 17.7 Å². The van der Waals surface area contributed by atoms with Crippen molar-refractivity contribution in [2.24, 2.45) is 0 Å². The fourth-order valence-electron chi connectivity index (χ4n) is 1.84. The number of rotatable bonds is 7. The van der Waals surface area contributed by atoms with Crippen molar-refractivity contribution in [1.82, 2.24) is 9.80 Å². The first kappa shape index (κ1) is 19.0. The lowest BCUT2D eigenvalue weighted by molar-refractivity contribution is -0.129. The molecule has 0 fully saturated rings. The zero-order valence-corrected chi connectivity index (χ0v) is 15.0. The van der Waals surface area contributed by atoms with E-state index < -0.39 is 0 Å². The summed E-state index contributed by atoms with van der Waals surface area (Å²) >= 11 is 1.64. The number of thioether (sulfide) groups is 1. The molecule has 0 atom stereocenters. The molecular weight excluding hydrogens is 299 g/mol. The number of benzene rings is 1. The molecule has 0 aliphatic rings. The Hall–Kier alpha value is -1.07. The van der Waals surface area contributed by atoms with Crippen molar-refractivity contribution in [3.05, 3.63) is 35.6 Å². The summed E-state index contributed by atoms with van der Waals surface area (Å²) in [6.07, 6.45) is 0. The number of carbonyl (C=O) groups is 1. The van der Waals surface area contributed by atoms with E-state index in [1.807, 2.05) is 30.0 Å². The molecule has 0 unspecified atom stereocenters. The molecule has 0 heterocycles. The average molecular weight is 326 g/mol. The van der Waals surface area contributed by atoms with Crippen LogP contribution in [-0.2, 0) is 11.3 Å². The maximum absolute atomic E-state index is 13.3. The molecular formula is C17H27FN2OS. The van der Waals surface area contributed by atoms with Gasteiger partial charge in [0, 0.05) is 24.4 Å². The summed E-state index contributed by atoms with van der Waals surface area (Å²) in [6.45, 7) is 8.19. The Morgan fingerprint density at radius 2 is 1.91 bits per heavy atom. The molecule has 22 heavy (non-hydrogen) atoms. The second-order valence-corrected chi connectivity index (χ2v) is 8.45. The van der Waals surface area contributed by atoms with E-state index in [-0.39, 0.29) is 16.5 Å². The van der Waals surface area contributed by atoms with Crippen LogP contribution >= 0.6 is 11.8 Å². The van der Waals surface area contributed by atoms with Crippen LogP contribution in [0.3, 0.4) is 0 Å². The van der Waals surface area contributed by atoms with Gasteiger partial charge in [0.25, 0.3) is 0 Å². The van der Waals surface area contributed by atoms with Gasteiger partial charge in [-0.1, -0.05) is 32.9 Å². The number of carbonyl (C=O) groups excluding carboxylic acids is 1. The maximum atomic E-state index is 13.3. The minimum Gasteiger partial charge on any atom is -0.336 e. The fraction of sp³-hybridized carbons (Fsp3) is 0.588. The first-order valence-corrected chi connectivity index (χ1v) is 8.47. The summed E-state index contributed by atoms with van der Waals surface area (Å²) in [7, 11) is 3.96. The van der Waals surface area contributed by atoms with E-state index in [1.165, 1.54) is 12.1 Å². The van der Waals surface area contributed by atoms with Gasteiger partial charge < -0.3 is 9.80 Å². The molecule has 0 N–H and O–H groups in total. The Morgan fingerprint density at radius 3 is 2.45 bits per heavy atom. The largest absolute Gasteiger partial charge is 0.336 e. The minimum atomic E-state index is -0.262. The summed E-state index contributed by atoms with van der Waals surface area (Å²) in [4.78, 5) is 16.3. The van der Waals surface area contributed by atoms with E-state index >= 15 is 0 Å². The highest BCUT2D eigenvalue weighted by Crippen LogP contribution is 2.23. The number of hydrogen-bond donors (Lipinski definition) is 0. The first-order valence-electron chi connectivity index (χ1n) is 7.48. The molecule has 0 saturated carbocycles. The Labute approximate surface area is 137 Å². The van der Waals surface area contributed by atoms with E-state index in [4.69, 9.17) is 0 Å². The molecule has 0 radical (unpaired) electrons. The monoisotopic (exact) mass is 326 g/mol. The van der Waals surface area contributed by atoms with Crippen LogP contribution in [-0.4, -0.2) is 53.4 Å². The Morgan fingerprint density at radius 1 is 1.23 bits per heavy atom. The van der Waals surface area contributed by atoms with Crippen LogP contribution in [0.25, 0.3) is 0 Å². The van der Waals surface area contributed by atoms with Crippen molar-refractivity contribution in [2.45, 2.75) is 32.1 Å². The van der Waals surface area contributed by atoms with Crippen LogP contribution in [0.5, 0.6) is 0 Å². The van der Waals surface area contributed by atoms with E-state index in [9.17, 15) is 9.18 Å². The zero-order chi connectivity index (χ0) is 16.8. The van der Waals surface area contributed by atoms with Gasteiger partial charge in [0.15, 0.2) is 0 Å². The third-order valence-electron chi connectivity index (χ3n) is 3.06. The van der Waals surface area contributed by atoms with Gasteiger partial charge in [-0.3, -0.25) is 4.79 Å². The minimum absolute atomic E-state index is 0.0573. The molecule has 5 heteroatoms. The third-order valence-corrected chi connectivity index (χ3v) is 4.32. The van der Waals surface area contributed by atoms with Crippen molar-refractivity contribution in [2.75, 3.05) is 32.9 Å². The van der Waals surface area contributed by atoms with Gasteiger partial charge in [0.2, 0.25) is 5.91 Å². The van der Waals surface area contributed by atoms with E-state index in [2.05, 4.69) is 20.8 Å². The fourth-order valence-corrected chi connectivity index (χ4v) is 2.58. The number of hydrogen-bond acceptors (Lipinski definition) is 3. The maximum Gasteiger partial charge on any atom is 0.232 e. The van der Waals surface area contributed by atoms with Crippen molar-refractivity contribution in [3.8, 4) is 0 Å². The van der Waals surface area contributed by atoms with Gasteiger partial charge in [0.1, 0.15) is 5.82 Å². The van der Waals surface area contributed by atoms with Crippen LogP contribution in [0.4, 0.5) is 4.39 Å². The third kappa shape index (κ3) is 7.80. The summed E-state index contributed by atoms with van der Waals surface area (Å²) in [5.41, 5.74) is 0.827. The summed E-state index contributed by atoms with van der Waals surface area (Å²) < 4.78 is 13.4. The Kier molecular flexibility index (Phi) is 7.36. The SMILES string of the molecule is CN(C)CCN(Cc1cccc(F)c1)C(=O)CSC(C)(C)C. The lowest BCUT2D eigenvalue weighted by Gasteiger charge is -2.26. The first-order chi connectivity index (χ1) is 10.2. The standard InChI is InChI=1S/C17H27FN2OS/c1-17(2,3)22-13-16(21)20(10-9-19(4)5)12-14-7-6-8-15(18)11-14/h6-8,11H,9-10,12-13H2,1-5H3. The number of likely N-dealkylation sites (N-methyl/N-ethyl adjacent to an activating group) is 1. The number of halogens is 1. The number of amides is 1. The van der Waals surface area contributed by atoms with E-state index in [0.29, 0.717) is 18.8 Å².